The summed E-state index contributed by atoms with van der Waals surface area (Å²) in [5.74, 6) is -4.09. The van der Waals surface area contributed by atoms with Gasteiger partial charge in [-0.15, -0.1) is 6.58 Å². The van der Waals surface area contributed by atoms with E-state index in [2.05, 4.69) is 16.5 Å². The van der Waals surface area contributed by atoms with Gasteiger partial charge in [0.2, 0.25) is 5.82 Å². The predicted molar refractivity (Wildman–Crippen MR) is 147 cm³/mol. The summed E-state index contributed by atoms with van der Waals surface area (Å²) in [6, 6.07) is 13.0. The van der Waals surface area contributed by atoms with Gasteiger partial charge in [-0.1, -0.05) is 55.8 Å². The molecule has 4 rings (SSSR count). The van der Waals surface area contributed by atoms with Crippen LogP contribution in [0.5, 0.6) is 11.8 Å². The number of nitrogens with zero attached hydrogens (tertiary/aromatic N) is 2. The lowest BCUT2D eigenvalue weighted by Gasteiger charge is -2.11. The van der Waals surface area contributed by atoms with Gasteiger partial charge < -0.3 is 9.47 Å². The Morgan fingerprint density at radius 1 is 0.725 bits per heavy atom. The Bertz CT molecular complexity index is 1440. The monoisotopic (exact) mass is 550 g/mol. The average molecular weight is 551 g/mol. The molecule has 0 spiro atoms. The molecule has 4 nitrogen and oxygen atoms in total. The number of unbranched alkanes of at least 4 members (excludes halogenated alkanes) is 1. The van der Waals surface area contributed by atoms with Gasteiger partial charge in [-0.2, -0.15) is 4.39 Å². The summed E-state index contributed by atoms with van der Waals surface area (Å²) in [4.78, 5) is 8.16. The van der Waals surface area contributed by atoms with E-state index >= 15 is 0 Å². The summed E-state index contributed by atoms with van der Waals surface area (Å²) < 4.78 is 69.6. The van der Waals surface area contributed by atoms with E-state index in [1.54, 1.807) is 36.4 Å². The number of hydrogen-bond acceptors (Lipinski definition) is 4. The largest absolute Gasteiger partial charge is 0.490 e. The van der Waals surface area contributed by atoms with Crippen molar-refractivity contribution < 1.29 is 27.0 Å². The number of benzene rings is 3. The number of aryl methyl sites for hydroxylation is 2. The highest BCUT2D eigenvalue weighted by molar-refractivity contribution is 5.66. The van der Waals surface area contributed by atoms with Crippen molar-refractivity contribution in [3.63, 3.8) is 0 Å². The van der Waals surface area contributed by atoms with Crippen LogP contribution in [-0.2, 0) is 12.8 Å². The van der Waals surface area contributed by atoms with E-state index in [1.807, 2.05) is 6.92 Å². The molecule has 0 atom stereocenters. The van der Waals surface area contributed by atoms with E-state index in [-0.39, 0.29) is 41.5 Å². The van der Waals surface area contributed by atoms with Crippen molar-refractivity contribution in [3.05, 3.63) is 108 Å². The van der Waals surface area contributed by atoms with Crippen LogP contribution in [0.25, 0.3) is 22.3 Å². The summed E-state index contributed by atoms with van der Waals surface area (Å²) in [6.07, 6.45) is 7.49. The molecule has 1 aromatic heterocycles. The van der Waals surface area contributed by atoms with Gasteiger partial charge in [0.05, 0.1) is 13.2 Å². The lowest BCUT2D eigenvalue weighted by molar-refractivity contribution is 0.285. The van der Waals surface area contributed by atoms with E-state index in [0.717, 1.165) is 18.4 Å². The lowest BCUT2D eigenvalue weighted by atomic mass is 9.98. The first kappa shape index (κ1) is 28.8. The maximum absolute atomic E-state index is 14.9. The fourth-order valence-corrected chi connectivity index (χ4v) is 4.09. The van der Waals surface area contributed by atoms with E-state index in [9.17, 15) is 17.6 Å². The second-order valence-corrected chi connectivity index (χ2v) is 9.22. The molecule has 0 aliphatic heterocycles. The minimum absolute atomic E-state index is 0.0668. The molecule has 0 radical (unpaired) electrons. The molecular formula is C32H30F4N2O2. The van der Waals surface area contributed by atoms with Crippen molar-refractivity contribution in [2.24, 2.45) is 0 Å². The van der Waals surface area contributed by atoms with Gasteiger partial charge in [0.1, 0.15) is 0 Å². The molecule has 0 saturated heterocycles. The van der Waals surface area contributed by atoms with Crippen LogP contribution in [-0.4, -0.2) is 23.2 Å². The Labute approximate surface area is 231 Å². The summed E-state index contributed by atoms with van der Waals surface area (Å²) in [6.45, 7) is 6.30. The zero-order valence-corrected chi connectivity index (χ0v) is 22.2. The molecule has 0 saturated carbocycles. The van der Waals surface area contributed by atoms with Crippen LogP contribution in [0.15, 0.2) is 73.6 Å². The summed E-state index contributed by atoms with van der Waals surface area (Å²) in [5.41, 5.74) is 2.08. The van der Waals surface area contributed by atoms with E-state index < -0.39 is 23.3 Å². The van der Waals surface area contributed by atoms with Gasteiger partial charge in [0, 0.05) is 29.1 Å². The van der Waals surface area contributed by atoms with Gasteiger partial charge in [-0.05, 0) is 54.5 Å². The van der Waals surface area contributed by atoms with Crippen LogP contribution in [0.4, 0.5) is 17.6 Å². The molecule has 4 aromatic rings. The van der Waals surface area contributed by atoms with Crippen LogP contribution in [0, 0.1) is 23.3 Å². The molecule has 0 bridgehead atoms. The topological polar surface area (TPSA) is 44.2 Å². The van der Waals surface area contributed by atoms with Gasteiger partial charge in [0.15, 0.2) is 23.2 Å². The minimum atomic E-state index is -1.05. The maximum Gasteiger partial charge on any atom is 0.316 e. The van der Waals surface area contributed by atoms with Gasteiger partial charge in [0.25, 0.3) is 0 Å². The van der Waals surface area contributed by atoms with E-state index in [1.165, 1.54) is 30.6 Å². The maximum atomic E-state index is 14.9. The highest BCUT2D eigenvalue weighted by atomic mass is 19.2. The smallest absolute Gasteiger partial charge is 0.316 e. The first-order valence-electron chi connectivity index (χ1n) is 13.2. The third-order valence-electron chi connectivity index (χ3n) is 6.40. The highest BCUT2D eigenvalue weighted by Crippen LogP contribution is 2.31. The second kappa shape index (κ2) is 13.7. The predicted octanol–water partition coefficient (Wildman–Crippen LogP) is 8.29. The molecule has 208 valence electrons. The zero-order chi connectivity index (χ0) is 28.5. The Hall–Kier alpha value is -4.20. The summed E-state index contributed by atoms with van der Waals surface area (Å²) in [7, 11) is 0. The Morgan fingerprint density at radius 3 is 2.10 bits per heavy atom. The quantitative estimate of drug-likeness (QED) is 0.0955. The SMILES string of the molecule is C=CCCOc1ccc(-c2ccc(CCc3ccc(-c4cnc(OCCCC)nc4)c(F)c3F)cc2)c(F)c1F. The molecule has 1 heterocycles. The van der Waals surface area contributed by atoms with Crippen LogP contribution < -0.4 is 9.47 Å². The average Bonchev–Trinajstić information content (AvgIpc) is 2.97. The number of rotatable bonds is 13. The molecule has 0 aliphatic carbocycles. The van der Waals surface area contributed by atoms with E-state index in [0.29, 0.717) is 30.6 Å². The first-order chi connectivity index (χ1) is 19.4. The van der Waals surface area contributed by atoms with Crippen molar-refractivity contribution in [1.29, 1.82) is 0 Å². The number of ether oxygens (including phenoxy) is 2. The second-order valence-electron chi connectivity index (χ2n) is 9.22. The molecule has 0 aliphatic rings. The van der Waals surface area contributed by atoms with Crippen molar-refractivity contribution in [1.82, 2.24) is 9.97 Å². The van der Waals surface area contributed by atoms with Crippen LogP contribution in [0.2, 0.25) is 0 Å². The zero-order valence-electron chi connectivity index (χ0n) is 22.2. The van der Waals surface area contributed by atoms with Crippen molar-refractivity contribution >= 4 is 0 Å². The molecule has 0 N–H and O–H groups in total. The van der Waals surface area contributed by atoms with Gasteiger partial charge >= 0.3 is 6.01 Å². The fraction of sp³-hybridized carbons (Fsp3) is 0.250. The molecule has 40 heavy (non-hydrogen) atoms. The van der Waals surface area contributed by atoms with Crippen LogP contribution in [0.1, 0.15) is 37.3 Å². The fourth-order valence-electron chi connectivity index (χ4n) is 4.09. The summed E-state index contributed by atoms with van der Waals surface area (Å²) >= 11 is 0. The normalized spacial score (nSPS) is 10.9. The molecule has 0 amide bonds. The number of halogens is 4. The van der Waals surface area contributed by atoms with Crippen LogP contribution in [0.3, 0.4) is 0 Å². The Balaban J connectivity index is 1.41. The van der Waals surface area contributed by atoms with E-state index in [4.69, 9.17) is 9.47 Å². The number of aromatic nitrogens is 2. The minimum Gasteiger partial charge on any atom is -0.490 e. The Morgan fingerprint density at radius 2 is 1.40 bits per heavy atom. The van der Waals surface area contributed by atoms with Crippen LogP contribution >= 0.6 is 0 Å². The Kier molecular flexibility index (Phi) is 9.89. The molecule has 8 heteroatoms. The molecule has 0 unspecified atom stereocenters. The van der Waals surface area contributed by atoms with Crippen molar-refractivity contribution in [3.8, 4) is 34.0 Å². The molecule has 3 aromatic carbocycles. The van der Waals surface area contributed by atoms with Crippen molar-refractivity contribution in [2.45, 2.75) is 39.0 Å². The standard InChI is InChI=1S/C32H30F4N2O2/c1-3-5-17-39-27-16-15-25(30(35)31(27)36)22-10-7-21(8-11-22)9-12-23-13-14-26(29(34)28(23)33)24-19-37-32(38-20-24)40-18-6-4-2/h3,7-8,10-11,13-16,19-20H,1,4-6,9,12,17-18H2,2H3. The van der Waals surface area contributed by atoms with Gasteiger partial charge in [-0.25, -0.2) is 23.1 Å². The summed E-state index contributed by atoms with van der Waals surface area (Å²) in [5, 5.41) is 0. The third-order valence-corrected chi connectivity index (χ3v) is 6.40. The molecular weight excluding hydrogens is 520 g/mol. The third kappa shape index (κ3) is 6.86. The van der Waals surface area contributed by atoms with Crippen molar-refractivity contribution in [2.75, 3.05) is 13.2 Å². The highest BCUT2D eigenvalue weighted by Gasteiger charge is 2.17. The number of hydrogen-bond donors (Lipinski definition) is 0. The molecule has 0 fully saturated rings. The van der Waals surface area contributed by atoms with Gasteiger partial charge in [-0.3, -0.25) is 0 Å². The first-order valence-corrected chi connectivity index (χ1v) is 13.2. The lowest BCUT2D eigenvalue weighted by Crippen LogP contribution is -2.02.